The van der Waals surface area contributed by atoms with Gasteiger partial charge in [0.2, 0.25) is 0 Å². The van der Waals surface area contributed by atoms with Gasteiger partial charge in [-0.2, -0.15) is 12.6 Å². The van der Waals surface area contributed by atoms with E-state index in [-0.39, 0.29) is 0 Å². The van der Waals surface area contributed by atoms with Crippen LogP contribution < -0.4 is 5.32 Å². The number of rotatable bonds is 1. The predicted octanol–water partition coefficient (Wildman–Crippen LogP) is 1.84. The molecule has 0 bridgehead atoms. The van der Waals surface area contributed by atoms with Gasteiger partial charge in [-0.3, -0.25) is 0 Å². The highest BCUT2D eigenvalue weighted by molar-refractivity contribution is 7.80. The summed E-state index contributed by atoms with van der Waals surface area (Å²) in [6.45, 7) is 2.27. The van der Waals surface area contributed by atoms with Crippen molar-refractivity contribution in [1.29, 1.82) is 0 Å². The second-order valence-corrected chi connectivity index (χ2v) is 3.60. The van der Waals surface area contributed by atoms with Crippen molar-refractivity contribution in [2.45, 2.75) is 44.7 Å². The average molecular weight is 159 g/mol. The Hall–Kier alpha value is 0.310. The van der Waals surface area contributed by atoms with Crippen molar-refractivity contribution in [1.82, 2.24) is 5.32 Å². The molecule has 60 valence electrons. The number of nitrogens with one attached hydrogen (secondary N) is 1. The Morgan fingerprint density at radius 3 is 2.80 bits per heavy atom. The first kappa shape index (κ1) is 8.41. The molecule has 0 spiro atoms. The van der Waals surface area contributed by atoms with Crippen LogP contribution in [-0.4, -0.2) is 17.8 Å². The van der Waals surface area contributed by atoms with Gasteiger partial charge < -0.3 is 5.32 Å². The quantitative estimate of drug-likeness (QED) is 0.556. The van der Waals surface area contributed by atoms with Crippen molar-refractivity contribution >= 4 is 12.6 Å². The molecule has 1 aliphatic rings. The van der Waals surface area contributed by atoms with Crippen LogP contribution in [0.1, 0.15) is 32.6 Å². The third-order valence-electron chi connectivity index (χ3n) is 2.18. The number of thiol groups is 1. The first-order valence-corrected chi connectivity index (χ1v) is 4.83. The summed E-state index contributed by atoms with van der Waals surface area (Å²) >= 11 is 4.29. The van der Waals surface area contributed by atoms with Crippen LogP contribution in [0.2, 0.25) is 0 Å². The molecule has 0 aromatic carbocycles. The molecule has 1 aliphatic heterocycles. The molecule has 2 atom stereocenters. The lowest BCUT2D eigenvalue weighted by atomic mass is 10.1. The lowest BCUT2D eigenvalue weighted by Crippen LogP contribution is -2.35. The van der Waals surface area contributed by atoms with Crippen LogP contribution in [-0.2, 0) is 0 Å². The summed E-state index contributed by atoms with van der Waals surface area (Å²) < 4.78 is 0. The van der Waals surface area contributed by atoms with Crippen LogP contribution >= 0.6 is 12.6 Å². The zero-order valence-electron chi connectivity index (χ0n) is 6.64. The zero-order valence-corrected chi connectivity index (χ0v) is 7.53. The average Bonchev–Trinajstić information content (AvgIpc) is 2.13. The van der Waals surface area contributed by atoms with Crippen molar-refractivity contribution < 1.29 is 0 Å². The highest BCUT2D eigenvalue weighted by Gasteiger charge is 2.13. The van der Waals surface area contributed by atoms with Gasteiger partial charge in [-0.05, 0) is 19.8 Å². The minimum Gasteiger partial charge on any atom is -0.311 e. The van der Waals surface area contributed by atoms with Crippen molar-refractivity contribution in [3.8, 4) is 0 Å². The lowest BCUT2D eigenvalue weighted by Gasteiger charge is -2.16. The smallest absolute Gasteiger partial charge is 0.0158 e. The fourth-order valence-electron chi connectivity index (χ4n) is 1.55. The largest absolute Gasteiger partial charge is 0.311 e. The SMILES string of the molecule is CC1CCCCC(CS)N1. The monoisotopic (exact) mass is 159 g/mol. The Balaban J connectivity index is 2.30. The van der Waals surface area contributed by atoms with E-state index in [9.17, 15) is 0 Å². The van der Waals surface area contributed by atoms with Crippen LogP contribution in [0.5, 0.6) is 0 Å². The fourth-order valence-corrected chi connectivity index (χ4v) is 1.84. The van der Waals surface area contributed by atoms with Crippen molar-refractivity contribution in [3.05, 3.63) is 0 Å². The fraction of sp³-hybridized carbons (Fsp3) is 1.00. The van der Waals surface area contributed by atoms with Gasteiger partial charge in [-0.15, -0.1) is 0 Å². The summed E-state index contributed by atoms with van der Waals surface area (Å²) in [5.74, 6) is 0.990. The first-order valence-electron chi connectivity index (χ1n) is 4.20. The third kappa shape index (κ3) is 2.51. The van der Waals surface area contributed by atoms with Crippen LogP contribution in [0.25, 0.3) is 0 Å². The third-order valence-corrected chi connectivity index (χ3v) is 2.62. The van der Waals surface area contributed by atoms with Gasteiger partial charge in [-0.25, -0.2) is 0 Å². The van der Waals surface area contributed by atoms with Gasteiger partial charge in [0.05, 0.1) is 0 Å². The molecule has 0 aliphatic carbocycles. The molecule has 10 heavy (non-hydrogen) atoms. The lowest BCUT2D eigenvalue weighted by molar-refractivity contribution is 0.480. The highest BCUT2D eigenvalue weighted by atomic mass is 32.1. The molecule has 1 rings (SSSR count). The number of hydrogen-bond acceptors (Lipinski definition) is 2. The number of hydrogen-bond donors (Lipinski definition) is 2. The Bertz CT molecular complexity index is 95.3. The second kappa shape index (κ2) is 4.24. The molecule has 0 aromatic rings. The van der Waals surface area contributed by atoms with Crippen LogP contribution in [0.4, 0.5) is 0 Å². The van der Waals surface area contributed by atoms with E-state index in [0.29, 0.717) is 12.1 Å². The Morgan fingerprint density at radius 2 is 2.10 bits per heavy atom. The van der Waals surface area contributed by atoms with Gasteiger partial charge >= 0.3 is 0 Å². The zero-order chi connectivity index (χ0) is 7.40. The summed E-state index contributed by atoms with van der Waals surface area (Å²) in [4.78, 5) is 0. The van der Waals surface area contributed by atoms with Gasteiger partial charge in [0, 0.05) is 17.8 Å². The Kier molecular flexibility index (Phi) is 3.57. The van der Waals surface area contributed by atoms with E-state index in [4.69, 9.17) is 0 Å². The summed E-state index contributed by atoms with van der Waals surface area (Å²) in [5.41, 5.74) is 0. The van der Waals surface area contributed by atoms with E-state index in [1.54, 1.807) is 0 Å². The van der Waals surface area contributed by atoms with Gasteiger partial charge in [0.25, 0.3) is 0 Å². The normalized spacial score (nSPS) is 35.4. The molecule has 2 unspecified atom stereocenters. The minimum absolute atomic E-state index is 0.667. The minimum atomic E-state index is 0.667. The molecule has 1 heterocycles. The van der Waals surface area contributed by atoms with E-state index >= 15 is 0 Å². The van der Waals surface area contributed by atoms with Crippen molar-refractivity contribution in [2.75, 3.05) is 5.75 Å². The summed E-state index contributed by atoms with van der Waals surface area (Å²) in [6, 6.07) is 1.38. The molecule has 0 radical (unpaired) electrons. The Morgan fingerprint density at radius 1 is 1.40 bits per heavy atom. The summed E-state index contributed by atoms with van der Waals surface area (Å²) in [5, 5.41) is 3.55. The molecule has 0 saturated carbocycles. The second-order valence-electron chi connectivity index (χ2n) is 3.23. The molecule has 2 heteroatoms. The summed E-state index contributed by atoms with van der Waals surface area (Å²) in [6.07, 6.45) is 5.42. The van der Waals surface area contributed by atoms with E-state index in [0.717, 1.165) is 5.75 Å². The molecule has 0 aromatic heterocycles. The predicted molar refractivity (Wildman–Crippen MR) is 48.7 cm³/mol. The maximum atomic E-state index is 4.29. The van der Waals surface area contributed by atoms with E-state index in [2.05, 4.69) is 24.9 Å². The maximum Gasteiger partial charge on any atom is 0.0158 e. The van der Waals surface area contributed by atoms with Gasteiger partial charge in [-0.1, -0.05) is 12.8 Å². The van der Waals surface area contributed by atoms with Crippen LogP contribution in [0.3, 0.4) is 0 Å². The topological polar surface area (TPSA) is 12.0 Å². The standard InChI is InChI=1S/C8H17NS/c1-7-4-2-3-5-8(6-10)9-7/h7-10H,2-6H2,1H3. The maximum absolute atomic E-state index is 4.29. The van der Waals surface area contributed by atoms with Crippen LogP contribution in [0.15, 0.2) is 0 Å². The van der Waals surface area contributed by atoms with Gasteiger partial charge in [0.15, 0.2) is 0 Å². The Labute approximate surface area is 69.0 Å². The molecule has 1 N–H and O–H groups in total. The molecular formula is C8H17NS. The highest BCUT2D eigenvalue weighted by Crippen LogP contribution is 2.12. The van der Waals surface area contributed by atoms with Crippen LogP contribution in [0, 0.1) is 0 Å². The van der Waals surface area contributed by atoms with Crippen molar-refractivity contribution in [3.63, 3.8) is 0 Å². The van der Waals surface area contributed by atoms with E-state index in [1.807, 2.05) is 0 Å². The molecule has 1 fully saturated rings. The summed E-state index contributed by atoms with van der Waals surface area (Å²) in [7, 11) is 0. The molecule has 0 amide bonds. The van der Waals surface area contributed by atoms with Gasteiger partial charge in [0.1, 0.15) is 0 Å². The molecule has 1 nitrogen and oxygen atoms in total. The molecule has 1 saturated heterocycles. The molecular weight excluding hydrogens is 142 g/mol. The van der Waals surface area contributed by atoms with E-state index < -0.39 is 0 Å². The first-order chi connectivity index (χ1) is 4.83. The van der Waals surface area contributed by atoms with E-state index in [1.165, 1.54) is 25.7 Å². The van der Waals surface area contributed by atoms with Crippen molar-refractivity contribution in [2.24, 2.45) is 0 Å².